The van der Waals surface area contributed by atoms with E-state index in [0.717, 1.165) is 40.8 Å². The second-order valence-corrected chi connectivity index (χ2v) is 9.54. The molecule has 184 valence electrons. The Bertz CT molecular complexity index is 1560. The number of imidazole rings is 1. The van der Waals surface area contributed by atoms with Gasteiger partial charge in [-0.1, -0.05) is 60.1 Å². The molecule has 9 heteroatoms. The van der Waals surface area contributed by atoms with E-state index in [1.165, 1.54) is 0 Å². The van der Waals surface area contributed by atoms with Crippen LogP contribution in [0.15, 0.2) is 85.5 Å². The summed E-state index contributed by atoms with van der Waals surface area (Å²) in [6.07, 6.45) is 4.94. The van der Waals surface area contributed by atoms with Gasteiger partial charge in [0, 0.05) is 29.2 Å². The minimum Gasteiger partial charge on any atom is -0.364 e. The molecule has 0 spiro atoms. The second-order valence-electron chi connectivity index (χ2n) is 9.10. The molecule has 0 bridgehead atoms. The lowest BCUT2D eigenvalue weighted by atomic mass is 9.86. The van der Waals surface area contributed by atoms with Crippen LogP contribution in [0.3, 0.4) is 0 Å². The summed E-state index contributed by atoms with van der Waals surface area (Å²) in [6, 6.07) is 23.3. The number of halogens is 1. The first-order valence-corrected chi connectivity index (χ1v) is 12.5. The number of hydrogen-bond donors (Lipinski definition) is 2. The number of nitrogens with zero attached hydrogens (tertiary/aromatic N) is 5. The molecule has 0 unspecified atom stereocenters. The van der Waals surface area contributed by atoms with Crippen LogP contribution in [0.2, 0.25) is 5.02 Å². The molecular formula is C28H24ClN7O. The van der Waals surface area contributed by atoms with Crippen molar-refractivity contribution in [3.63, 3.8) is 0 Å². The van der Waals surface area contributed by atoms with Crippen molar-refractivity contribution in [1.29, 1.82) is 0 Å². The number of fused-ring (bicyclic) bond motifs is 1. The predicted octanol–water partition coefficient (Wildman–Crippen LogP) is 5.29. The summed E-state index contributed by atoms with van der Waals surface area (Å²) < 4.78 is 2.07. The van der Waals surface area contributed by atoms with Crippen molar-refractivity contribution in [3.05, 3.63) is 102 Å². The molecule has 0 saturated heterocycles. The van der Waals surface area contributed by atoms with E-state index in [-0.39, 0.29) is 18.0 Å². The van der Waals surface area contributed by atoms with Crippen LogP contribution in [0.25, 0.3) is 22.4 Å². The minimum absolute atomic E-state index is 0.0689. The van der Waals surface area contributed by atoms with Gasteiger partial charge >= 0.3 is 0 Å². The van der Waals surface area contributed by atoms with E-state index in [9.17, 15) is 4.79 Å². The van der Waals surface area contributed by atoms with Crippen molar-refractivity contribution in [2.75, 3.05) is 5.32 Å². The third-order valence-electron chi connectivity index (χ3n) is 6.60. The van der Waals surface area contributed by atoms with Gasteiger partial charge in [0.2, 0.25) is 0 Å². The smallest absolute Gasteiger partial charge is 0.270 e. The zero-order valence-electron chi connectivity index (χ0n) is 19.9. The molecule has 0 aliphatic heterocycles. The number of carbonyl (C=O) groups is 1. The number of pyridine rings is 1. The zero-order valence-corrected chi connectivity index (χ0v) is 20.6. The van der Waals surface area contributed by atoms with Crippen LogP contribution in [0.5, 0.6) is 0 Å². The van der Waals surface area contributed by atoms with Gasteiger partial charge in [-0.05, 0) is 42.7 Å². The quantitative estimate of drug-likeness (QED) is 0.309. The van der Waals surface area contributed by atoms with Crippen LogP contribution in [-0.2, 0) is 6.54 Å². The molecule has 1 aliphatic rings. The Morgan fingerprint density at radius 3 is 2.65 bits per heavy atom. The van der Waals surface area contributed by atoms with Crippen LogP contribution in [-0.4, -0.2) is 36.5 Å². The first-order chi connectivity index (χ1) is 18.1. The number of benzene rings is 2. The average Bonchev–Trinajstić information content (AvgIpc) is 3.34. The van der Waals surface area contributed by atoms with Gasteiger partial charge in [0.15, 0.2) is 11.5 Å². The van der Waals surface area contributed by atoms with E-state index in [4.69, 9.17) is 11.6 Å². The highest BCUT2D eigenvalue weighted by Gasteiger charge is 2.33. The van der Waals surface area contributed by atoms with Gasteiger partial charge in [0.25, 0.3) is 5.91 Å². The van der Waals surface area contributed by atoms with E-state index in [1.807, 2.05) is 66.7 Å². The van der Waals surface area contributed by atoms with Crippen molar-refractivity contribution in [2.45, 2.75) is 31.5 Å². The van der Waals surface area contributed by atoms with Gasteiger partial charge in [-0.3, -0.25) is 4.79 Å². The summed E-state index contributed by atoms with van der Waals surface area (Å²) in [5.41, 5.74) is 4.73. The monoisotopic (exact) mass is 509 g/mol. The van der Waals surface area contributed by atoms with Crippen LogP contribution >= 0.6 is 11.6 Å². The minimum atomic E-state index is -0.161. The Labute approximate surface area is 218 Å². The molecule has 1 amide bonds. The summed E-state index contributed by atoms with van der Waals surface area (Å²) in [5, 5.41) is 7.15. The van der Waals surface area contributed by atoms with Crippen molar-refractivity contribution < 1.29 is 4.79 Å². The molecular weight excluding hydrogens is 486 g/mol. The van der Waals surface area contributed by atoms with E-state index < -0.39 is 0 Å². The summed E-state index contributed by atoms with van der Waals surface area (Å²) in [6.45, 7) is 0.580. The molecule has 1 fully saturated rings. The number of anilines is 1. The fourth-order valence-electron chi connectivity index (χ4n) is 4.60. The second kappa shape index (κ2) is 9.99. The average molecular weight is 510 g/mol. The van der Waals surface area contributed by atoms with Gasteiger partial charge in [-0.25, -0.2) is 19.9 Å². The maximum Gasteiger partial charge on any atom is 0.270 e. The summed E-state index contributed by atoms with van der Waals surface area (Å²) in [4.78, 5) is 30.9. The number of hydrogen-bond acceptors (Lipinski definition) is 6. The van der Waals surface area contributed by atoms with Gasteiger partial charge in [-0.15, -0.1) is 0 Å². The Morgan fingerprint density at radius 1 is 0.973 bits per heavy atom. The molecule has 2 N–H and O–H groups in total. The molecule has 2 aromatic carbocycles. The van der Waals surface area contributed by atoms with Crippen molar-refractivity contribution in [2.24, 2.45) is 0 Å². The molecule has 6 rings (SSSR count). The third kappa shape index (κ3) is 4.88. The molecule has 1 aliphatic carbocycles. The molecule has 1 saturated carbocycles. The highest BCUT2D eigenvalue weighted by atomic mass is 35.5. The Balaban J connectivity index is 1.10. The highest BCUT2D eigenvalue weighted by molar-refractivity contribution is 6.30. The first kappa shape index (κ1) is 23.1. The summed E-state index contributed by atoms with van der Waals surface area (Å²) in [5.74, 6) is 0.517. The predicted molar refractivity (Wildman–Crippen MR) is 143 cm³/mol. The highest BCUT2D eigenvalue weighted by Crippen LogP contribution is 2.35. The molecule has 3 aromatic heterocycles. The Kier molecular flexibility index (Phi) is 6.24. The van der Waals surface area contributed by atoms with E-state index in [1.54, 1.807) is 18.7 Å². The Morgan fingerprint density at radius 2 is 1.81 bits per heavy atom. The lowest BCUT2D eigenvalue weighted by molar-refractivity contribution is 0.0889. The van der Waals surface area contributed by atoms with Gasteiger partial charge in [0.1, 0.15) is 17.5 Å². The van der Waals surface area contributed by atoms with Gasteiger partial charge < -0.3 is 15.2 Å². The van der Waals surface area contributed by atoms with E-state index in [2.05, 4.69) is 35.1 Å². The van der Waals surface area contributed by atoms with E-state index >= 15 is 0 Å². The largest absolute Gasteiger partial charge is 0.364 e. The maximum absolute atomic E-state index is 12.9. The SMILES string of the molecule is O=C(NC1CC(n2cnc3c(NCc4cccc(Cl)c4)ncnc32)C1)c1cccc(-c2ccccc2)n1. The van der Waals surface area contributed by atoms with Crippen molar-refractivity contribution in [1.82, 2.24) is 29.8 Å². The maximum atomic E-state index is 12.9. The van der Waals surface area contributed by atoms with Crippen molar-refractivity contribution >= 4 is 34.5 Å². The topological polar surface area (TPSA) is 97.6 Å². The molecule has 8 nitrogen and oxygen atoms in total. The Hall–Kier alpha value is -4.30. The van der Waals surface area contributed by atoms with Crippen LogP contribution in [0.4, 0.5) is 5.82 Å². The van der Waals surface area contributed by atoms with E-state index in [0.29, 0.717) is 23.1 Å². The fraction of sp³-hybridized carbons (Fsp3) is 0.179. The van der Waals surface area contributed by atoms with Crippen LogP contribution in [0.1, 0.15) is 34.9 Å². The standard InChI is InChI=1S/C28H24ClN7O/c29-20-9-4-6-18(12-20)15-30-26-25-27(32-16-31-26)36(17-33-25)22-13-21(14-22)34-28(37)24-11-5-10-23(35-24)19-7-2-1-3-8-19/h1-12,16-17,21-22H,13-15H2,(H,34,37)(H,30,31,32). The van der Waals surface area contributed by atoms with Crippen molar-refractivity contribution in [3.8, 4) is 11.3 Å². The molecule has 37 heavy (non-hydrogen) atoms. The third-order valence-corrected chi connectivity index (χ3v) is 6.84. The fourth-order valence-corrected chi connectivity index (χ4v) is 4.82. The zero-order chi connectivity index (χ0) is 25.2. The number of carbonyl (C=O) groups excluding carboxylic acids is 1. The van der Waals surface area contributed by atoms with Gasteiger partial charge in [0.05, 0.1) is 12.0 Å². The lowest BCUT2D eigenvalue weighted by Crippen LogP contribution is -2.45. The normalized spacial score (nSPS) is 16.8. The summed E-state index contributed by atoms with van der Waals surface area (Å²) in [7, 11) is 0. The molecule has 0 atom stereocenters. The van der Waals surface area contributed by atoms with Crippen LogP contribution < -0.4 is 10.6 Å². The lowest BCUT2D eigenvalue weighted by Gasteiger charge is -2.36. The number of rotatable bonds is 7. The number of amides is 1. The van der Waals surface area contributed by atoms with Gasteiger partial charge in [-0.2, -0.15) is 0 Å². The summed E-state index contributed by atoms with van der Waals surface area (Å²) >= 11 is 6.09. The number of nitrogens with one attached hydrogen (secondary N) is 2. The first-order valence-electron chi connectivity index (χ1n) is 12.1. The molecule has 0 radical (unpaired) electrons. The molecule has 3 heterocycles. The molecule has 5 aromatic rings. The van der Waals surface area contributed by atoms with Crippen LogP contribution in [0, 0.1) is 0 Å². The number of aromatic nitrogens is 5.